The molecule has 2 heterocycles. The Bertz CT molecular complexity index is 629. The molecular formula is C12H13N5. The van der Waals surface area contributed by atoms with Crippen LogP contribution in [-0.4, -0.2) is 15.8 Å². The quantitative estimate of drug-likeness (QED) is 0.701. The standard InChI is InChI=1S/C12H13N5/c13-12-14-6-10-11(16-12)15-8-17(10)7-9-4-2-1-3-5-9/h1-6,8,12,14H,7,13H2. The Morgan fingerprint density at radius 3 is 2.94 bits per heavy atom. The maximum atomic E-state index is 5.65. The number of nitrogens with one attached hydrogen (secondary N) is 1. The van der Waals surface area contributed by atoms with E-state index in [1.54, 1.807) is 6.33 Å². The topological polar surface area (TPSA) is 68.2 Å². The Hall–Kier alpha value is -2.14. The minimum absolute atomic E-state index is 0.387. The molecule has 0 amide bonds. The average molecular weight is 227 g/mol. The number of rotatable bonds is 2. The van der Waals surface area contributed by atoms with Gasteiger partial charge in [-0.25, -0.2) is 9.98 Å². The highest BCUT2D eigenvalue weighted by atomic mass is 15.2. The van der Waals surface area contributed by atoms with Crippen LogP contribution in [0.2, 0.25) is 0 Å². The fraction of sp³-hybridized carbons (Fsp3) is 0.167. The van der Waals surface area contributed by atoms with Crippen LogP contribution in [0.4, 0.5) is 0 Å². The van der Waals surface area contributed by atoms with Crippen molar-refractivity contribution in [1.29, 1.82) is 0 Å². The molecule has 0 bridgehead atoms. The first kappa shape index (κ1) is 10.0. The average Bonchev–Trinajstić information content (AvgIpc) is 2.73. The summed E-state index contributed by atoms with van der Waals surface area (Å²) >= 11 is 0. The largest absolute Gasteiger partial charge is 0.356 e. The zero-order valence-electron chi connectivity index (χ0n) is 9.24. The molecule has 0 radical (unpaired) electrons. The van der Waals surface area contributed by atoms with Gasteiger partial charge in [0, 0.05) is 12.7 Å². The van der Waals surface area contributed by atoms with Gasteiger partial charge in [-0.1, -0.05) is 30.3 Å². The predicted octanol–water partition coefficient (Wildman–Crippen LogP) is -0.865. The first-order valence-electron chi connectivity index (χ1n) is 5.48. The normalized spacial score (nSPS) is 17.6. The molecule has 5 heteroatoms. The highest BCUT2D eigenvalue weighted by Crippen LogP contribution is 1.99. The second kappa shape index (κ2) is 4.03. The zero-order valence-corrected chi connectivity index (χ0v) is 9.24. The van der Waals surface area contributed by atoms with Crippen LogP contribution in [0.1, 0.15) is 5.56 Å². The van der Waals surface area contributed by atoms with E-state index in [0.29, 0.717) is 5.49 Å². The molecule has 1 aromatic carbocycles. The van der Waals surface area contributed by atoms with Crippen LogP contribution in [0, 0.1) is 0 Å². The number of hydrogen-bond donors (Lipinski definition) is 2. The molecule has 1 aromatic heterocycles. The van der Waals surface area contributed by atoms with Crippen molar-refractivity contribution < 1.29 is 0 Å². The van der Waals surface area contributed by atoms with Crippen LogP contribution < -0.4 is 21.9 Å². The fourth-order valence-corrected chi connectivity index (χ4v) is 1.87. The van der Waals surface area contributed by atoms with E-state index in [4.69, 9.17) is 5.73 Å². The van der Waals surface area contributed by atoms with Gasteiger partial charge < -0.3 is 9.88 Å². The lowest BCUT2D eigenvalue weighted by atomic mass is 10.2. The molecule has 1 atom stereocenters. The smallest absolute Gasteiger partial charge is 0.177 e. The number of nitrogens with zero attached hydrogens (tertiary/aromatic N) is 3. The maximum Gasteiger partial charge on any atom is 0.177 e. The molecular weight excluding hydrogens is 214 g/mol. The van der Waals surface area contributed by atoms with Gasteiger partial charge in [0.25, 0.3) is 0 Å². The Balaban J connectivity index is 1.99. The third-order valence-electron chi connectivity index (χ3n) is 2.71. The first-order chi connectivity index (χ1) is 8.33. The van der Waals surface area contributed by atoms with Crippen LogP contribution >= 0.6 is 0 Å². The predicted molar refractivity (Wildman–Crippen MR) is 64.1 cm³/mol. The molecule has 2 aromatic rings. The molecule has 0 fully saturated rings. The molecule has 1 aliphatic rings. The Labute approximate surface area is 98.3 Å². The first-order valence-corrected chi connectivity index (χ1v) is 5.48. The summed E-state index contributed by atoms with van der Waals surface area (Å²) in [7, 11) is 0. The summed E-state index contributed by atoms with van der Waals surface area (Å²) in [5.41, 5.74) is 7.59. The molecule has 0 aliphatic carbocycles. The fourth-order valence-electron chi connectivity index (χ4n) is 1.87. The summed E-state index contributed by atoms with van der Waals surface area (Å²) in [5, 5.41) is 3.94. The Morgan fingerprint density at radius 2 is 2.12 bits per heavy atom. The molecule has 1 aliphatic heterocycles. The van der Waals surface area contributed by atoms with Gasteiger partial charge in [-0.3, -0.25) is 5.73 Å². The SMILES string of the molecule is NC1N=c2ncn(Cc3ccccc3)c2=CN1. The summed E-state index contributed by atoms with van der Waals surface area (Å²) in [6.07, 6.45) is 3.27. The second-order valence-corrected chi connectivity index (χ2v) is 3.95. The van der Waals surface area contributed by atoms with Crippen molar-refractivity contribution in [2.45, 2.75) is 12.8 Å². The third-order valence-corrected chi connectivity index (χ3v) is 2.71. The van der Waals surface area contributed by atoms with E-state index in [-0.39, 0.29) is 6.29 Å². The molecule has 1 unspecified atom stereocenters. The zero-order chi connectivity index (χ0) is 11.7. The van der Waals surface area contributed by atoms with Crippen molar-refractivity contribution in [1.82, 2.24) is 14.9 Å². The highest BCUT2D eigenvalue weighted by molar-refractivity contribution is 5.20. The monoisotopic (exact) mass is 227 g/mol. The van der Waals surface area contributed by atoms with Gasteiger partial charge in [0.15, 0.2) is 11.8 Å². The number of benzene rings is 1. The van der Waals surface area contributed by atoms with E-state index in [1.165, 1.54) is 5.56 Å². The van der Waals surface area contributed by atoms with Crippen LogP contribution in [-0.2, 0) is 6.54 Å². The van der Waals surface area contributed by atoms with Crippen molar-refractivity contribution in [2.75, 3.05) is 0 Å². The number of hydrogen-bond acceptors (Lipinski definition) is 4. The van der Waals surface area contributed by atoms with Crippen molar-refractivity contribution in [3.8, 4) is 0 Å². The molecule has 5 nitrogen and oxygen atoms in total. The van der Waals surface area contributed by atoms with Crippen molar-refractivity contribution in [2.24, 2.45) is 10.7 Å². The Morgan fingerprint density at radius 1 is 1.29 bits per heavy atom. The van der Waals surface area contributed by atoms with Gasteiger partial charge in [0.1, 0.15) is 5.35 Å². The van der Waals surface area contributed by atoms with Crippen molar-refractivity contribution in [3.05, 3.63) is 53.1 Å². The van der Waals surface area contributed by atoms with E-state index >= 15 is 0 Å². The number of imidazole rings is 1. The van der Waals surface area contributed by atoms with E-state index < -0.39 is 0 Å². The minimum atomic E-state index is -0.387. The maximum absolute atomic E-state index is 5.65. The summed E-state index contributed by atoms with van der Waals surface area (Å²) in [4.78, 5) is 8.46. The minimum Gasteiger partial charge on any atom is -0.356 e. The lowest BCUT2D eigenvalue weighted by molar-refractivity contribution is 0.620. The van der Waals surface area contributed by atoms with Crippen molar-refractivity contribution >= 4 is 6.20 Å². The number of aromatic nitrogens is 2. The molecule has 17 heavy (non-hydrogen) atoms. The summed E-state index contributed by atoms with van der Waals surface area (Å²) in [5.74, 6) is 0. The van der Waals surface area contributed by atoms with Gasteiger partial charge in [0.05, 0.1) is 6.33 Å². The molecule has 0 spiro atoms. The lowest BCUT2D eigenvalue weighted by Crippen LogP contribution is -2.45. The second-order valence-electron chi connectivity index (χ2n) is 3.95. The van der Waals surface area contributed by atoms with E-state index in [2.05, 4.69) is 27.4 Å². The van der Waals surface area contributed by atoms with Gasteiger partial charge in [0.2, 0.25) is 0 Å². The summed E-state index contributed by atoms with van der Waals surface area (Å²) < 4.78 is 2.05. The highest BCUT2D eigenvalue weighted by Gasteiger charge is 2.06. The molecule has 0 saturated carbocycles. The number of fused-ring (bicyclic) bond motifs is 1. The Kier molecular flexibility index (Phi) is 2.38. The molecule has 0 saturated heterocycles. The van der Waals surface area contributed by atoms with Crippen molar-refractivity contribution in [3.63, 3.8) is 0 Å². The molecule has 3 rings (SSSR count). The van der Waals surface area contributed by atoms with E-state index in [0.717, 1.165) is 11.9 Å². The van der Waals surface area contributed by atoms with Crippen LogP contribution in [0.3, 0.4) is 0 Å². The summed E-state index contributed by atoms with van der Waals surface area (Å²) in [6, 6.07) is 10.2. The van der Waals surface area contributed by atoms with Crippen LogP contribution in [0.5, 0.6) is 0 Å². The van der Waals surface area contributed by atoms with Crippen LogP contribution in [0.15, 0.2) is 41.7 Å². The van der Waals surface area contributed by atoms with Gasteiger partial charge in [-0.05, 0) is 5.56 Å². The van der Waals surface area contributed by atoms with Gasteiger partial charge in [-0.15, -0.1) is 0 Å². The van der Waals surface area contributed by atoms with Crippen LogP contribution in [0.25, 0.3) is 6.20 Å². The lowest BCUT2D eigenvalue weighted by Gasteiger charge is -2.09. The van der Waals surface area contributed by atoms with E-state index in [1.807, 2.05) is 29.0 Å². The van der Waals surface area contributed by atoms with Gasteiger partial charge >= 0.3 is 0 Å². The van der Waals surface area contributed by atoms with E-state index in [9.17, 15) is 0 Å². The summed E-state index contributed by atoms with van der Waals surface area (Å²) in [6.45, 7) is 0.784. The third kappa shape index (κ3) is 1.92. The molecule has 86 valence electrons. The van der Waals surface area contributed by atoms with Gasteiger partial charge in [-0.2, -0.15) is 0 Å². The number of nitrogens with two attached hydrogens (primary N) is 1. The molecule has 3 N–H and O–H groups in total.